The van der Waals surface area contributed by atoms with Gasteiger partial charge in [0.25, 0.3) is 5.91 Å². The van der Waals surface area contributed by atoms with E-state index in [9.17, 15) is 22.8 Å². The molecule has 0 atom stereocenters. The van der Waals surface area contributed by atoms with Crippen molar-refractivity contribution in [1.29, 1.82) is 0 Å². The van der Waals surface area contributed by atoms with Crippen molar-refractivity contribution in [3.63, 3.8) is 0 Å². The average molecular weight is 386 g/mol. The van der Waals surface area contributed by atoms with Crippen LogP contribution < -0.4 is 5.32 Å². The quantitative estimate of drug-likeness (QED) is 0.698. The van der Waals surface area contributed by atoms with Gasteiger partial charge in [-0.25, -0.2) is 18.0 Å². The molecule has 0 bridgehead atoms. The smallest absolute Gasteiger partial charge is 0.413 e. The number of sulfonamides is 1. The first-order valence-electron chi connectivity index (χ1n) is 7.81. The molecule has 1 aromatic rings. The molecule has 26 heavy (non-hydrogen) atoms. The molecule has 0 radical (unpaired) electrons. The molecule has 10 heteroatoms. The molecule has 2 amide bonds. The molecule has 1 aromatic carbocycles. The number of ether oxygens (including phenoxy) is 2. The van der Waals surface area contributed by atoms with Gasteiger partial charge >= 0.3 is 12.1 Å². The van der Waals surface area contributed by atoms with Crippen molar-refractivity contribution in [2.75, 3.05) is 20.3 Å². The van der Waals surface area contributed by atoms with Crippen molar-refractivity contribution in [1.82, 2.24) is 9.62 Å². The highest BCUT2D eigenvalue weighted by Gasteiger charge is 2.24. The van der Waals surface area contributed by atoms with E-state index in [-0.39, 0.29) is 23.1 Å². The van der Waals surface area contributed by atoms with Crippen LogP contribution in [0.1, 0.15) is 31.1 Å². The van der Waals surface area contributed by atoms with Gasteiger partial charge in [0.1, 0.15) is 0 Å². The number of benzene rings is 1. The fourth-order valence-electron chi connectivity index (χ4n) is 1.76. The Morgan fingerprint density at radius 3 is 2.42 bits per heavy atom. The van der Waals surface area contributed by atoms with Gasteiger partial charge in [-0.1, -0.05) is 6.07 Å². The molecule has 0 fully saturated rings. The molecule has 1 rings (SSSR count). The molecule has 0 aliphatic carbocycles. The average Bonchev–Trinajstić information content (AvgIpc) is 2.59. The van der Waals surface area contributed by atoms with Crippen LogP contribution in [0.15, 0.2) is 29.2 Å². The normalized spacial score (nSPS) is 11.3. The molecule has 0 heterocycles. The van der Waals surface area contributed by atoms with E-state index in [4.69, 9.17) is 4.74 Å². The lowest BCUT2D eigenvalue weighted by Crippen LogP contribution is -2.34. The second-order valence-corrected chi connectivity index (χ2v) is 7.49. The van der Waals surface area contributed by atoms with Gasteiger partial charge in [0.2, 0.25) is 10.0 Å². The third kappa shape index (κ3) is 5.81. The summed E-state index contributed by atoms with van der Waals surface area (Å²) in [5.41, 5.74) is -0.0350. The van der Waals surface area contributed by atoms with Crippen molar-refractivity contribution in [3.8, 4) is 0 Å². The van der Waals surface area contributed by atoms with E-state index in [0.29, 0.717) is 0 Å². The highest BCUT2D eigenvalue weighted by molar-refractivity contribution is 7.89. The number of carbonyl (C=O) groups is 3. The fraction of sp³-hybridized carbons (Fsp3) is 0.438. The number of nitrogens with one attached hydrogen (secondary N) is 1. The Kier molecular flexibility index (Phi) is 7.72. The molecule has 0 saturated carbocycles. The van der Waals surface area contributed by atoms with Gasteiger partial charge in [-0.05, 0) is 39.0 Å². The number of rotatable bonds is 7. The molecule has 0 aliphatic heterocycles. The minimum Gasteiger partial charge on any atom is -0.452 e. The van der Waals surface area contributed by atoms with E-state index in [1.54, 1.807) is 20.8 Å². The van der Waals surface area contributed by atoms with Crippen molar-refractivity contribution in [2.24, 2.45) is 0 Å². The van der Waals surface area contributed by atoms with Gasteiger partial charge in [0, 0.05) is 13.1 Å². The van der Waals surface area contributed by atoms with Gasteiger partial charge in [0.15, 0.2) is 6.61 Å². The molecule has 144 valence electrons. The number of amides is 2. The Morgan fingerprint density at radius 1 is 1.19 bits per heavy atom. The molecule has 0 aromatic heterocycles. The van der Waals surface area contributed by atoms with E-state index in [1.165, 1.54) is 35.6 Å². The van der Waals surface area contributed by atoms with E-state index in [2.05, 4.69) is 4.74 Å². The summed E-state index contributed by atoms with van der Waals surface area (Å²) in [6.45, 7) is 4.39. The molecule has 1 N–H and O–H groups in total. The second-order valence-electron chi connectivity index (χ2n) is 5.49. The van der Waals surface area contributed by atoms with Gasteiger partial charge in [-0.2, -0.15) is 4.31 Å². The maximum absolute atomic E-state index is 12.5. The van der Waals surface area contributed by atoms with E-state index >= 15 is 0 Å². The zero-order valence-corrected chi connectivity index (χ0v) is 15.8. The summed E-state index contributed by atoms with van der Waals surface area (Å²) < 4.78 is 35.4. The summed E-state index contributed by atoms with van der Waals surface area (Å²) in [6.07, 6.45) is -0.946. The highest BCUT2D eigenvalue weighted by Crippen LogP contribution is 2.18. The Hall–Kier alpha value is -2.46. The number of hydrogen-bond donors (Lipinski definition) is 1. The first kappa shape index (κ1) is 21.6. The maximum atomic E-state index is 12.5. The van der Waals surface area contributed by atoms with Crippen LogP contribution in [0.25, 0.3) is 0 Å². The van der Waals surface area contributed by atoms with Crippen LogP contribution in [0.5, 0.6) is 0 Å². The number of carbonyl (C=O) groups excluding carboxylic acids is 3. The predicted molar refractivity (Wildman–Crippen MR) is 92.0 cm³/mol. The SMILES string of the molecule is CCOC(=O)NC(=O)COC(=O)c1cccc(S(=O)(=O)N(C)C(C)C)c1. The summed E-state index contributed by atoms with van der Waals surface area (Å²) in [6, 6.07) is 5.02. The summed E-state index contributed by atoms with van der Waals surface area (Å²) in [4.78, 5) is 34.5. The zero-order chi connectivity index (χ0) is 19.9. The highest BCUT2D eigenvalue weighted by atomic mass is 32.2. The standard InChI is InChI=1S/C16H22N2O7S/c1-5-24-16(21)17-14(19)10-25-15(20)12-7-6-8-13(9-12)26(22,23)18(4)11(2)3/h6-9,11H,5,10H2,1-4H3,(H,17,19,21). The Labute approximate surface area is 152 Å². The minimum absolute atomic E-state index is 0.0350. The molecule has 9 nitrogen and oxygen atoms in total. The van der Waals surface area contributed by atoms with Crippen LogP contribution in [-0.4, -0.2) is 57.0 Å². The zero-order valence-electron chi connectivity index (χ0n) is 15.0. The van der Waals surface area contributed by atoms with Gasteiger partial charge in [0.05, 0.1) is 17.1 Å². The van der Waals surface area contributed by atoms with Crippen molar-refractivity contribution < 1.29 is 32.3 Å². The van der Waals surface area contributed by atoms with Gasteiger partial charge in [-0.3, -0.25) is 10.1 Å². The Bertz CT molecular complexity index is 775. The van der Waals surface area contributed by atoms with Crippen LogP contribution in [0.2, 0.25) is 0 Å². The van der Waals surface area contributed by atoms with Crippen LogP contribution >= 0.6 is 0 Å². The van der Waals surface area contributed by atoms with E-state index in [0.717, 1.165) is 0 Å². The summed E-state index contributed by atoms with van der Waals surface area (Å²) >= 11 is 0. The number of imide groups is 1. The van der Waals surface area contributed by atoms with E-state index < -0.39 is 34.6 Å². The lowest BCUT2D eigenvalue weighted by Gasteiger charge is -2.21. The lowest BCUT2D eigenvalue weighted by atomic mass is 10.2. The third-order valence-corrected chi connectivity index (χ3v) is 5.35. The summed E-state index contributed by atoms with van der Waals surface area (Å²) in [5.74, 6) is -1.76. The third-order valence-electron chi connectivity index (χ3n) is 3.33. The summed E-state index contributed by atoms with van der Waals surface area (Å²) in [7, 11) is -2.33. The van der Waals surface area contributed by atoms with Crippen LogP contribution in [-0.2, 0) is 24.3 Å². The maximum Gasteiger partial charge on any atom is 0.413 e. The lowest BCUT2D eigenvalue weighted by molar-refractivity contribution is -0.123. The van der Waals surface area contributed by atoms with Crippen molar-refractivity contribution in [3.05, 3.63) is 29.8 Å². The largest absolute Gasteiger partial charge is 0.452 e. The predicted octanol–water partition coefficient (Wildman–Crippen LogP) is 1.14. The second kappa shape index (κ2) is 9.30. The molecule has 0 unspecified atom stereocenters. The van der Waals surface area contributed by atoms with Crippen LogP contribution in [0.3, 0.4) is 0 Å². The van der Waals surface area contributed by atoms with Crippen molar-refractivity contribution >= 4 is 28.0 Å². The topological polar surface area (TPSA) is 119 Å². The molecular weight excluding hydrogens is 364 g/mol. The van der Waals surface area contributed by atoms with Crippen LogP contribution in [0.4, 0.5) is 4.79 Å². The Morgan fingerprint density at radius 2 is 1.85 bits per heavy atom. The monoisotopic (exact) mass is 386 g/mol. The van der Waals surface area contributed by atoms with Crippen molar-refractivity contribution in [2.45, 2.75) is 31.7 Å². The number of nitrogens with zero attached hydrogens (tertiary/aromatic N) is 1. The van der Waals surface area contributed by atoms with Gasteiger partial charge < -0.3 is 9.47 Å². The minimum atomic E-state index is -3.76. The molecular formula is C16H22N2O7S. The molecule has 0 spiro atoms. The van der Waals surface area contributed by atoms with E-state index in [1.807, 2.05) is 5.32 Å². The molecule has 0 saturated heterocycles. The number of alkyl carbamates (subject to hydrolysis) is 1. The Balaban J connectivity index is 2.80. The molecule has 0 aliphatic rings. The summed E-state index contributed by atoms with van der Waals surface area (Å²) in [5, 5.41) is 1.87. The fourth-order valence-corrected chi connectivity index (χ4v) is 3.17. The first-order valence-corrected chi connectivity index (χ1v) is 9.25. The van der Waals surface area contributed by atoms with Gasteiger partial charge in [-0.15, -0.1) is 0 Å². The first-order chi connectivity index (χ1) is 12.1. The number of esters is 1. The number of hydrogen-bond acceptors (Lipinski definition) is 7. The van der Waals surface area contributed by atoms with Crippen LogP contribution in [0, 0.1) is 0 Å².